The van der Waals surface area contributed by atoms with E-state index in [1.165, 1.54) is 19.2 Å². The van der Waals surface area contributed by atoms with Crippen molar-refractivity contribution < 1.29 is 18.7 Å². The standard InChI is InChI=1S/C20H19FN2O3/c1-12-3-5-13(6-4-12)17(11-19(24)26-2)23-20(25)18-10-14-9-15(21)7-8-16(14)22-18/h3-10,17,22H,11H2,1-2H3,(H,23,25). The molecule has 0 aliphatic carbocycles. The van der Waals surface area contributed by atoms with Gasteiger partial charge in [-0.05, 0) is 36.8 Å². The van der Waals surface area contributed by atoms with Gasteiger partial charge in [0.25, 0.3) is 5.91 Å². The third-order valence-corrected chi connectivity index (χ3v) is 4.21. The minimum Gasteiger partial charge on any atom is -0.469 e. The number of aromatic nitrogens is 1. The Bertz CT molecular complexity index is 947. The Morgan fingerprint density at radius 1 is 1.15 bits per heavy atom. The first-order valence-electron chi connectivity index (χ1n) is 8.19. The van der Waals surface area contributed by atoms with Gasteiger partial charge in [0.05, 0.1) is 19.6 Å². The van der Waals surface area contributed by atoms with E-state index in [1.54, 1.807) is 12.1 Å². The Hall–Kier alpha value is -3.15. The molecule has 1 atom stereocenters. The van der Waals surface area contributed by atoms with E-state index in [0.717, 1.165) is 11.1 Å². The first-order chi connectivity index (χ1) is 12.5. The van der Waals surface area contributed by atoms with E-state index in [9.17, 15) is 14.0 Å². The molecule has 0 aliphatic rings. The molecular weight excluding hydrogens is 335 g/mol. The SMILES string of the molecule is COC(=O)CC(NC(=O)c1cc2cc(F)ccc2[nH]1)c1ccc(C)cc1. The number of H-pyrrole nitrogens is 1. The van der Waals surface area contributed by atoms with E-state index in [4.69, 9.17) is 4.74 Å². The topological polar surface area (TPSA) is 71.2 Å². The fourth-order valence-electron chi connectivity index (χ4n) is 2.76. The minimum atomic E-state index is -0.529. The molecule has 26 heavy (non-hydrogen) atoms. The van der Waals surface area contributed by atoms with Crippen LogP contribution in [0.2, 0.25) is 0 Å². The second-order valence-corrected chi connectivity index (χ2v) is 6.13. The minimum absolute atomic E-state index is 0.0140. The lowest BCUT2D eigenvalue weighted by Gasteiger charge is -2.18. The summed E-state index contributed by atoms with van der Waals surface area (Å²) in [5, 5.41) is 3.45. The zero-order chi connectivity index (χ0) is 18.7. The Morgan fingerprint density at radius 2 is 1.88 bits per heavy atom. The number of hydrogen-bond acceptors (Lipinski definition) is 3. The first kappa shape index (κ1) is 17.7. The summed E-state index contributed by atoms with van der Waals surface area (Å²) in [4.78, 5) is 27.3. The van der Waals surface area contributed by atoms with E-state index < -0.39 is 12.0 Å². The van der Waals surface area contributed by atoms with Crippen LogP contribution in [0.4, 0.5) is 4.39 Å². The molecule has 1 aromatic heterocycles. The van der Waals surface area contributed by atoms with Crippen molar-refractivity contribution in [2.24, 2.45) is 0 Å². The molecule has 6 heteroatoms. The number of nitrogens with one attached hydrogen (secondary N) is 2. The van der Waals surface area contributed by atoms with Crippen molar-refractivity contribution >= 4 is 22.8 Å². The molecular formula is C20H19FN2O3. The van der Waals surface area contributed by atoms with Crippen molar-refractivity contribution in [3.05, 3.63) is 71.2 Å². The zero-order valence-corrected chi connectivity index (χ0v) is 14.5. The van der Waals surface area contributed by atoms with Crippen LogP contribution in [0.3, 0.4) is 0 Å². The highest BCUT2D eigenvalue weighted by molar-refractivity contribution is 5.98. The number of methoxy groups -OCH3 is 1. The van der Waals surface area contributed by atoms with E-state index >= 15 is 0 Å². The van der Waals surface area contributed by atoms with E-state index in [-0.39, 0.29) is 18.1 Å². The molecule has 0 saturated carbocycles. The number of esters is 1. The molecule has 0 saturated heterocycles. The molecule has 0 radical (unpaired) electrons. The van der Waals surface area contributed by atoms with E-state index in [2.05, 4.69) is 10.3 Å². The Balaban J connectivity index is 1.85. The summed E-state index contributed by atoms with van der Waals surface area (Å²) in [5.41, 5.74) is 2.84. The van der Waals surface area contributed by atoms with Crippen LogP contribution in [0.15, 0.2) is 48.5 Å². The number of aromatic amines is 1. The molecule has 5 nitrogen and oxygen atoms in total. The number of amides is 1. The Kier molecular flexibility index (Phi) is 5.02. The normalized spacial score (nSPS) is 12.0. The molecule has 1 unspecified atom stereocenters. The van der Waals surface area contributed by atoms with Gasteiger partial charge in [0.2, 0.25) is 0 Å². The van der Waals surface area contributed by atoms with Crippen LogP contribution < -0.4 is 5.32 Å². The number of benzene rings is 2. The summed E-state index contributed by atoms with van der Waals surface area (Å²) < 4.78 is 18.1. The summed E-state index contributed by atoms with van der Waals surface area (Å²) in [6.45, 7) is 1.96. The third-order valence-electron chi connectivity index (χ3n) is 4.21. The summed E-state index contributed by atoms with van der Waals surface area (Å²) >= 11 is 0. The number of halogens is 1. The van der Waals surface area contributed by atoms with Gasteiger partial charge in [0.15, 0.2) is 0 Å². The number of fused-ring (bicyclic) bond motifs is 1. The first-order valence-corrected chi connectivity index (χ1v) is 8.19. The van der Waals surface area contributed by atoms with E-state index in [1.807, 2.05) is 31.2 Å². The molecule has 1 heterocycles. The molecule has 0 spiro atoms. The maximum atomic E-state index is 13.3. The summed E-state index contributed by atoms with van der Waals surface area (Å²) in [6, 6.07) is 12.9. The highest BCUT2D eigenvalue weighted by atomic mass is 19.1. The number of carbonyl (C=O) groups excluding carboxylic acids is 2. The second kappa shape index (κ2) is 7.39. The van der Waals surface area contributed by atoms with Crippen LogP contribution >= 0.6 is 0 Å². The van der Waals surface area contributed by atoms with Gasteiger partial charge < -0.3 is 15.0 Å². The number of ether oxygens (including phenoxy) is 1. The molecule has 0 aliphatic heterocycles. The van der Waals surface area contributed by atoms with Crippen LogP contribution in [0.5, 0.6) is 0 Å². The van der Waals surface area contributed by atoms with Crippen molar-refractivity contribution in [1.82, 2.24) is 10.3 Å². The summed E-state index contributed by atoms with van der Waals surface area (Å²) in [5.74, 6) is -1.17. The predicted molar refractivity (Wildman–Crippen MR) is 96.3 cm³/mol. The van der Waals surface area contributed by atoms with Gasteiger partial charge in [-0.3, -0.25) is 9.59 Å². The van der Waals surface area contributed by atoms with Crippen LogP contribution in [0.1, 0.15) is 34.1 Å². The van der Waals surface area contributed by atoms with Gasteiger partial charge in [0, 0.05) is 10.9 Å². The quantitative estimate of drug-likeness (QED) is 0.687. The van der Waals surface area contributed by atoms with Crippen molar-refractivity contribution in [2.75, 3.05) is 7.11 Å². The van der Waals surface area contributed by atoms with Crippen LogP contribution in [-0.4, -0.2) is 24.0 Å². The van der Waals surface area contributed by atoms with Gasteiger partial charge in [-0.2, -0.15) is 0 Å². The largest absolute Gasteiger partial charge is 0.469 e. The molecule has 2 N–H and O–H groups in total. The third kappa shape index (κ3) is 3.91. The summed E-state index contributed by atoms with van der Waals surface area (Å²) in [6.07, 6.45) is 0.0140. The smallest absolute Gasteiger partial charge is 0.307 e. The van der Waals surface area contributed by atoms with Crippen molar-refractivity contribution in [2.45, 2.75) is 19.4 Å². The highest BCUT2D eigenvalue weighted by Crippen LogP contribution is 2.21. The molecule has 134 valence electrons. The number of aryl methyl sites for hydroxylation is 1. The molecule has 0 bridgehead atoms. The van der Waals surface area contributed by atoms with Crippen LogP contribution in [0, 0.1) is 12.7 Å². The lowest BCUT2D eigenvalue weighted by molar-refractivity contribution is -0.141. The van der Waals surface area contributed by atoms with Gasteiger partial charge in [-0.25, -0.2) is 4.39 Å². The number of rotatable bonds is 5. The van der Waals surface area contributed by atoms with Gasteiger partial charge >= 0.3 is 5.97 Å². The van der Waals surface area contributed by atoms with Gasteiger partial charge in [-0.1, -0.05) is 29.8 Å². The average Bonchev–Trinajstić information content (AvgIpc) is 3.05. The second-order valence-electron chi connectivity index (χ2n) is 6.13. The van der Waals surface area contributed by atoms with E-state index in [0.29, 0.717) is 16.6 Å². The van der Waals surface area contributed by atoms with Crippen molar-refractivity contribution in [1.29, 1.82) is 0 Å². The van der Waals surface area contributed by atoms with Gasteiger partial charge in [0.1, 0.15) is 11.5 Å². The van der Waals surface area contributed by atoms with Crippen molar-refractivity contribution in [3.8, 4) is 0 Å². The lowest BCUT2D eigenvalue weighted by Crippen LogP contribution is -2.30. The van der Waals surface area contributed by atoms with Crippen molar-refractivity contribution in [3.63, 3.8) is 0 Å². The number of hydrogen-bond donors (Lipinski definition) is 2. The maximum Gasteiger partial charge on any atom is 0.307 e. The molecule has 2 aromatic carbocycles. The van der Waals surface area contributed by atoms with Gasteiger partial charge in [-0.15, -0.1) is 0 Å². The van der Waals surface area contributed by atoms with Crippen LogP contribution in [-0.2, 0) is 9.53 Å². The summed E-state index contributed by atoms with van der Waals surface area (Å²) in [7, 11) is 1.31. The zero-order valence-electron chi connectivity index (χ0n) is 14.5. The molecule has 3 rings (SSSR count). The molecule has 0 fully saturated rings. The maximum absolute atomic E-state index is 13.3. The molecule has 1 amide bonds. The van der Waals surface area contributed by atoms with Crippen LogP contribution in [0.25, 0.3) is 10.9 Å². The fourth-order valence-corrected chi connectivity index (χ4v) is 2.76. The Morgan fingerprint density at radius 3 is 2.58 bits per heavy atom. The predicted octanol–water partition coefficient (Wildman–Crippen LogP) is 3.65. The lowest BCUT2D eigenvalue weighted by atomic mass is 10.0. The fraction of sp³-hybridized carbons (Fsp3) is 0.200. The molecule has 3 aromatic rings. The average molecular weight is 354 g/mol. The highest BCUT2D eigenvalue weighted by Gasteiger charge is 2.20. The Labute approximate surface area is 150 Å². The number of carbonyl (C=O) groups is 2. The monoisotopic (exact) mass is 354 g/mol.